The Hall–Kier alpha value is -1.99. The first kappa shape index (κ1) is 17.8. The van der Waals surface area contributed by atoms with Gasteiger partial charge in [0.1, 0.15) is 6.04 Å². The van der Waals surface area contributed by atoms with E-state index in [4.69, 9.17) is 16.3 Å². The zero-order chi connectivity index (χ0) is 18.1. The Morgan fingerprint density at radius 1 is 1.40 bits per heavy atom. The lowest BCUT2D eigenvalue weighted by molar-refractivity contribution is -0.143. The highest BCUT2D eigenvalue weighted by molar-refractivity contribution is 8.01. The molecule has 1 aliphatic rings. The Bertz CT molecular complexity index is 806. The average Bonchev–Trinajstić information content (AvgIpc) is 2.96. The number of benzene rings is 1. The van der Waals surface area contributed by atoms with Gasteiger partial charge in [-0.25, -0.2) is 4.79 Å². The number of esters is 1. The van der Waals surface area contributed by atoms with Crippen LogP contribution in [0.25, 0.3) is 0 Å². The molecule has 0 saturated carbocycles. The predicted octanol–water partition coefficient (Wildman–Crippen LogP) is 2.69. The van der Waals surface area contributed by atoms with Crippen molar-refractivity contribution in [3.63, 3.8) is 0 Å². The number of anilines is 1. The molecular formula is C17H18ClN3O3S. The van der Waals surface area contributed by atoms with Crippen molar-refractivity contribution in [1.82, 2.24) is 9.78 Å². The second-order valence-electron chi connectivity index (χ2n) is 5.84. The van der Waals surface area contributed by atoms with Crippen molar-refractivity contribution in [3.8, 4) is 0 Å². The summed E-state index contributed by atoms with van der Waals surface area (Å²) in [5.74, 6) is -0.117. The number of hydrogen-bond acceptors (Lipinski definition) is 5. The molecule has 1 aliphatic heterocycles. The Morgan fingerprint density at radius 2 is 2.08 bits per heavy atom. The quantitative estimate of drug-likeness (QED) is 0.764. The van der Waals surface area contributed by atoms with E-state index in [9.17, 15) is 9.59 Å². The lowest BCUT2D eigenvalue weighted by Crippen LogP contribution is -2.50. The van der Waals surface area contributed by atoms with E-state index in [0.717, 1.165) is 10.5 Å². The zero-order valence-corrected chi connectivity index (χ0v) is 15.7. The third-order valence-corrected chi connectivity index (χ3v) is 5.50. The number of ether oxygens (including phenoxy) is 1. The number of thioether (sulfide) groups is 1. The predicted molar refractivity (Wildman–Crippen MR) is 97.0 cm³/mol. The number of aromatic nitrogens is 2. The van der Waals surface area contributed by atoms with Crippen LogP contribution in [0.3, 0.4) is 0 Å². The molecular weight excluding hydrogens is 362 g/mol. The van der Waals surface area contributed by atoms with Crippen molar-refractivity contribution in [1.29, 1.82) is 0 Å². The molecule has 2 heterocycles. The fourth-order valence-corrected chi connectivity index (χ4v) is 4.16. The molecule has 0 spiro atoms. The molecule has 25 heavy (non-hydrogen) atoms. The van der Waals surface area contributed by atoms with Crippen LogP contribution in [-0.2, 0) is 27.8 Å². The molecule has 2 unspecified atom stereocenters. The van der Waals surface area contributed by atoms with Gasteiger partial charge in [-0.05, 0) is 31.0 Å². The number of aryl methyl sites for hydroxylation is 1. The van der Waals surface area contributed by atoms with E-state index in [0.29, 0.717) is 17.3 Å². The molecule has 2 atom stereocenters. The number of carbonyl (C=O) groups is 2. The van der Waals surface area contributed by atoms with Gasteiger partial charge in [0, 0.05) is 18.3 Å². The molecule has 3 rings (SSSR count). The summed E-state index contributed by atoms with van der Waals surface area (Å²) >= 11 is 7.39. The number of hydrogen-bond donors (Lipinski definition) is 0. The van der Waals surface area contributed by atoms with Gasteiger partial charge in [0.15, 0.2) is 5.82 Å². The van der Waals surface area contributed by atoms with Crippen molar-refractivity contribution in [3.05, 3.63) is 41.0 Å². The SMILES string of the molecule is COC(=O)C(C)N1C(=O)C(Cc2ccc(Cl)cc2)Sc2cn(C)nc21. The molecule has 0 radical (unpaired) electrons. The third kappa shape index (κ3) is 3.52. The number of carbonyl (C=O) groups excluding carboxylic acids is 2. The minimum Gasteiger partial charge on any atom is -0.467 e. The second-order valence-corrected chi connectivity index (χ2v) is 7.52. The van der Waals surface area contributed by atoms with Gasteiger partial charge in [0.05, 0.1) is 17.3 Å². The summed E-state index contributed by atoms with van der Waals surface area (Å²) < 4.78 is 6.46. The number of amides is 1. The van der Waals surface area contributed by atoms with Crippen LogP contribution in [0, 0.1) is 0 Å². The van der Waals surface area contributed by atoms with Gasteiger partial charge >= 0.3 is 5.97 Å². The molecule has 0 bridgehead atoms. The molecule has 1 aromatic carbocycles. The van der Waals surface area contributed by atoms with E-state index < -0.39 is 12.0 Å². The smallest absolute Gasteiger partial charge is 0.328 e. The van der Waals surface area contributed by atoms with Crippen molar-refractivity contribution >= 4 is 41.1 Å². The van der Waals surface area contributed by atoms with E-state index >= 15 is 0 Å². The van der Waals surface area contributed by atoms with E-state index in [1.54, 1.807) is 30.8 Å². The van der Waals surface area contributed by atoms with Gasteiger partial charge in [0.2, 0.25) is 5.91 Å². The summed E-state index contributed by atoms with van der Waals surface area (Å²) in [6.07, 6.45) is 2.40. The highest BCUT2D eigenvalue weighted by Crippen LogP contribution is 2.40. The van der Waals surface area contributed by atoms with Gasteiger partial charge in [-0.1, -0.05) is 23.7 Å². The summed E-state index contributed by atoms with van der Waals surface area (Å²) in [7, 11) is 3.10. The van der Waals surface area contributed by atoms with Crippen molar-refractivity contribution in [2.45, 2.75) is 29.5 Å². The van der Waals surface area contributed by atoms with E-state index in [1.807, 2.05) is 18.3 Å². The Balaban J connectivity index is 1.93. The molecule has 0 N–H and O–H groups in total. The van der Waals surface area contributed by atoms with Crippen LogP contribution in [0.1, 0.15) is 12.5 Å². The number of halogens is 1. The molecule has 132 valence electrons. The summed E-state index contributed by atoms with van der Waals surface area (Å²) in [5, 5.41) is 4.66. The average molecular weight is 380 g/mol. The second kappa shape index (κ2) is 7.09. The topological polar surface area (TPSA) is 64.4 Å². The van der Waals surface area contributed by atoms with Crippen LogP contribution in [0.15, 0.2) is 35.4 Å². The Labute approximate surface area is 155 Å². The molecule has 1 aromatic heterocycles. The van der Waals surface area contributed by atoms with E-state index in [-0.39, 0.29) is 11.2 Å². The first-order valence-corrected chi connectivity index (χ1v) is 9.02. The minimum atomic E-state index is -0.736. The maximum atomic E-state index is 13.1. The first-order valence-electron chi connectivity index (χ1n) is 7.76. The van der Waals surface area contributed by atoms with Gasteiger partial charge < -0.3 is 4.74 Å². The monoisotopic (exact) mass is 379 g/mol. The normalized spacial score (nSPS) is 18.0. The maximum Gasteiger partial charge on any atom is 0.328 e. The van der Waals surface area contributed by atoms with E-state index in [2.05, 4.69) is 5.10 Å². The van der Waals surface area contributed by atoms with Crippen LogP contribution >= 0.6 is 23.4 Å². The fourth-order valence-electron chi connectivity index (χ4n) is 2.78. The van der Waals surface area contributed by atoms with Crippen LogP contribution in [0.5, 0.6) is 0 Å². The molecule has 0 aliphatic carbocycles. The van der Waals surface area contributed by atoms with Crippen LogP contribution < -0.4 is 4.90 Å². The molecule has 2 aromatic rings. The highest BCUT2D eigenvalue weighted by Gasteiger charge is 2.40. The number of methoxy groups -OCH3 is 1. The lowest BCUT2D eigenvalue weighted by Gasteiger charge is -2.33. The standard InChI is InChI=1S/C17H18ClN3O3S/c1-10(17(23)24-3)21-15-14(9-20(2)19-15)25-13(16(21)22)8-11-4-6-12(18)7-5-11/h4-7,9-10,13H,8H2,1-3H3. The van der Waals surface area contributed by atoms with Crippen molar-refractivity contribution < 1.29 is 14.3 Å². The number of nitrogens with zero attached hydrogens (tertiary/aromatic N) is 3. The molecule has 0 fully saturated rings. The fraction of sp³-hybridized carbons (Fsp3) is 0.353. The molecule has 8 heteroatoms. The summed E-state index contributed by atoms with van der Waals surface area (Å²) in [6, 6.07) is 6.68. The van der Waals surface area contributed by atoms with Gasteiger partial charge in [-0.2, -0.15) is 5.10 Å². The summed E-state index contributed by atoms with van der Waals surface area (Å²) in [6.45, 7) is 1.65. The lowest BCUT2D eigenvalue weighted by atomic mass is 10.1. The van der Waals surface area contributed by atoms with Crippen LogP contribution in [-0.4, -0.2) is 40.1 Å². The first-order chi connectivity index (χ1) is 11.9. The minimum absolute atomic E-state index is 0.149. The number of fused-ring (bicyclic) bond motifs is 1. The van der Waals surface area contributed by atoms with Gasteiger partial charge in [0.25, 0.3) is 0 Å². The molecule has 0 saturated heterocycles. The van der Waals surface area contributed by atoms with Crippen molar-refractivity contribution in [2.75, 3.05) is 12.0 Å². The summed E-state index contributed by atoms with van der Waals surface area (Å²) in [4.78, 5) is 27.4. The maximum absolute atomic E-state index is 13.1. The Morgan fingerprint density at radius 3 is 2.72 bits per heavy atom. The van der Waals surface area contributed by atoms with Gasteiger partial charge in [-0.3, -0.25) is 14.4 Å². The van der Waals surface area contributed by atoms with Gasteiger partial charge in [-0.15, -0.1) is 11.8 Å². The zero-order valence-electron chi connectivity index (χ0n) is 14.1. The van der Waals surface area contributed by atoms with Crippen LogP contribution in [0.2, 0.25) is 5.02 Å². The van der Waals surface area contributed by atoms with Crippen LogP contribution in [0.4, 0.5) is 5.82 Å². The third-order valence-electron chi connectivity index (χ3n) is 4.05. The molecule has 6 nitrogen and oxygen atoms in total. The Kier molecular flexibility index (Phi) is 5.06. The number of rotatable bonds is 4. The largest absolute Gasteiger partial charge is 0.467 e. The van der Waals surface area contributed by atoms with E-state index in [1.165, 1.54) is 23.8 Å². The molecule has 1 amide bonds. The summed E-state index contributed by atoms with van der Waals surface area (Å²) in [5.41, 5.74) is 1.01. The highest BCUT2D eigenvalue weighted by atomic mass is 35.5. The van der Waals surface area contributed by atoms with Crippen molar-refractivity contribution in [2.24, 2.45) is 7.05 Å².